The van der Waals surface area contributed by atoms with E-state index in [2.05, 4.69) is 94.5 Å². The van der Waals surface area contributed by atoms with E-state index in [0.29, 0.717) is 0 Å². The van der Waals surface area contributed by atoms with Crippen LogP contribution in [-0.4, -0.2) is 127 Å². The molecule has 0 saturated heterocycles. The smallest absolute Gasteiger partial charge is 0.0838 e. The highest BCUT2D eigenvalue weighted by molar-refractivity contribution is 4.82. The van der Waals surface area contributed by atoms with Crippen molar-refractivity contribution in [3.63, 3.8) is 0 Å². The van der Waals surface area contributed by atoms with Gasteiger partial charge in [0.2, 0.25) is 0 Å². The Morgan fingerprint density at radius 1 is 0.224 bits per heavy atom. The lowest BCUT2D eigenvalue weighted by Gasteiger charge is -2.38. The Kier molecular flexibility index (Phi) is 37.6. The Balaban J connectivity index is 4.60. The van der Waals surface area contributed by atoms with Gasteiger partial charge >= 0.3 is 0 Å². The van der Waals surface area contributed by atoms with Crippen LogP contribution in [0.15, 0.2) is 24.3 Å². The molecule has 0 aromatic carbocycles. The monoisotopic (exact) mass is 819 g/mol. The van der Waals surface area contributed by atoms with Crippen molar-refractivity contribution in [3.05, 3.63) is 24.3 Å². The van der Waals surface area contributed by atoms with E-state index in [1.54, 1.807) is 0 Å². The van der Waals surface area contributed by atoms with Crippen LogP contribution < -0.4 is 0 Å². The number of allylic oxidation sites excluding steroid dienone is 4. The maximum Gasteiger partial charge on any atom is 0.0838 e. The molecule has 0 bridgehead atoms. The summed E-state index contributed by atoms with van der Waals surface area (Å²) in [7, 11) is 19.4. The summed E-state index contributed by atoms with van der Waals surface area (Å²) in [5.74, 6) is 0. The van der Waals surface area contributed by atoms with Crippen LogP contribution in [0.4, 0.5) is 0 Å². The zero-order valence-electron chi connectivity index (χ0n) is 42.4. The van der Waals surface area contributed by atoms with E-state index in [1.165, 1.54) is 267 Å². The third kappa shape index (κ3) is 42.0. The largest absolute Gasteiger partial charge is 0.331 e. The van der Waals surface area contributed by atoms with Crippen LogP contribution in [0.3, 0.4) is 0 Å². The van der Waals surface area contributed by atoms with Gasteiger partial charge in [-0.1, -0.05) is 141 Å². The molecule has 0 radical (unpaired) electrons. The zero-order valence-corrected chi connectivity index (χ0v) is 42.4. The molecule has 0 saturated carbocycles. The molecule has 0 rings (SSSR count). The standard InChI is InChI=1S/C54H114N4/c1-11-13-15-17-19-21-23-25-27-29-31-33-35-37-39-41-49-57(9,53-45-47-55(3,4)5)51-43-44-52-58(10,54-46-48-56(6,7)8)50-42-40-38-36-34-32-30-28-26-24-22-20-18-16-14-12-2/h25-28H,11-24,29-54H2,1-10H3/q+4/b27-25-,28-26-. The molecule has 0 heterocycles. The summed E-state index contributed by atoms with van der Waals surface area (Å²) >= 11 is 0. The van der Waals surface area contributed by atoms with Crippen molar-refractivity contribution in [2.75, 3.05) is 109 Å². The molecule has 4 nitrogen and oxygen atoms in total. The van der Waals surface area contributed by atoms with Gasteiger partial charge in [0.05, 0.1) is 109 Å². The summed E-state index contributed by atoms with van der Waals surface area (Å²) in [5.41, 5.74) is 0. The predicted molar refractivity (Wildman–Crippen MR) is 265 cm³/mol. The lowest BCUT2D eigenvalue weighted by atomic mass is 10.1. The Morgan fingerprint density at radius 3 is 0.690 bits per heavy atom. The van der Waals surface area contributed by atoms with Gasteiger partial charge in [-0.05, 0) is 77.0 Å². The summed E-state index contributed by atoms with van der Waals surface area (Å²) in [4.78, 5) is 0. The van der Waals surface area contributed by atoms with Crippen LogP contribution in [0, 0.1) is 0 Å². The molecule has 0 aromatic heterocycles. The SMILES string of the molecule is CCCCCCCC/C=C\CCCCCCCC[N+](C)(CCCC[N+](C)(CCCCCCCC/C=C\CCCCCCCC)CCC[N+](C)(C)C)CCC[N+](C)(C)C. The Morgan fingerprint density at radius 2 is 0.431 bits per heavy atom. The number of rotatable bonds is 45. The fourth-order valence-electron chi connectivity index (χ4n) is 8.99. The lowest BCUT2D eigenvalue weighted by molar-refractivity contribution is -0.922. The maximum absolute atomic E-state index is 2.61. The molecule has 2 unspecified atom stereocenters. The van der Waals surface area contributed by atoms with Gasteiger partial charge in [-0.25, -0.2) is 0 Å². The molecule has 0 aromatic rings. The minimum atomic E-state index is 1.09. The van der Waals surface area contributed by atoms with E-state index in [9.17, 15) is 0 Å². The van der Waals surface area contributed by atoms with Gasteiger partial charge in [-0.2, -0.15) is 0 Å². The summed E-state index contributed by atoms with van der Waals surface area (Å²) in [6.07, 6.45) is 54.4. The van der Waals surface area contributed by atoms with Crippen molar-refractivity contribution >= 4 is 0 Å². The summed E-state index contributed by atoms with van der Waals surface area (Å²) < 4.78 is 4.77. The molecular formula is C54H114N4+4. The van der Waals surface area contributed by atoms with E-state index in [1.807, 2.05) is 0 Å². The molecule has 0 aliphatic rings. The minimum absolute atomic E-state index is 1.09. The number of nitrogens with zero attached hydrogens (tertiary/aromatic N) is 4. The fraction of sp³-hybridized carbons (Fsp3) is 0.926. The Bertz CT molecular complexity index is 839. The molecular weight excluding hydrogens is 705 g/mol. The second kappa shape index (κ2) is 38.0. The molecule has 346 valence electrons. The van der Waals surface area contributed by atoms with Gasteiger partial charge in [0.25, 0.3) is 0 Å². The predicted octanol–water partition coefficient (Wildman–Crippen LogP) is 14.9. The van der Waals surface area contributed by atoms with Gasteiger partial charge in [0, 0.05) is 25.7 Å². The number of hydrogen-bond acceptors (Lipinski definition) is 0. The summed E-state index contributed by atoms with van der Waals surface area (Å²) in [6.45, 7) is 15.4. The molecule has 2 atom stereocenters. The quantitative estimate of drug-likeness (QED) is 0.0326. The first-order chi connectivity index (χ1) is 27.7. The van der Waals surface area contributed by atoms with Crippen molar-refractivity contribution in [1.29, 1.82) is 0 Å². The molecule has 0 amide bonds. The van der Waals surface area contributed by atoms with E-state index < -0.39 is 0 Å². The molecule has 0 aliphatic heterocycles. The zero-order chi connectivity index (χ0) is 43.1. The first kappa shape index (κ1) is 57.3. The van der Waals surface area contributed by atoms with Crippen molar-refractivity contribution in [1.82, 2.24) is 0 Å². The second-order valence-corrected chi connectivity index (χ2v) is 21.9. The highest BCUT2D eigenvalue weighted by Gasteiger charge is 2.25. The van der Waals surface area contributed by atoms with Gasteiger partial charge in [0.1, 0.15) is 0 Å². The normalized spacial score (nSPS) is 14.9. The van der Waals surface area contributed by atoms with E-state index in [-0.39, 0.29) is 0 Å². The first-order valence-electron chi connectivity index (χ1n) is 26.3. The molecule has 0 fully saturated rings. The van der Waals surface area contributed by atoms with Crippen molar-refractivity contribution in [2.45, 2.75) is 219 Å². The number of hydrogen-bond donors (Lipinski definition) is 0. The average molecular weight is 820 g/mol. The van der Waals surface area contributed by atoms with E-state index >= 15 is 0 Å². The van der Waals surface area contributed by atoms with Crippen molar-refractivity contribution < 1.29 is 17.9 Å². The van der Waals surface area contributed by atoms with Crippen LogP contribution in [0.2, 0.25) is 0 Å². The molecule has 4 heteroatoms. The number of unbranched alkanes of at least 4 members (excludes halogenated alkanes) is 25. The Labute approximate surface area is 369 Å². The van der Waals surface area contributed by atoms with Crippen LogP contribution >= 0.6 is 0 Å². The van der Waals surface area contributed by atoms with Crippen LogP contribution in [-0.2, 0) is 0 Å². The maximum atomic E-state index is 2.61. The van der Waals surface area contributed by atoms with Gasteiger partial charge in [0.15, 0.2) is 0 Å². The summed E-state index contributed by atoms with van der Waals surface area (Å²) in [6, 6.07) is 0. The van der Waals surface area contributed by atoms with Crippen LogP contribution in [0.5, 0.6) is 0 Å². The number of quaternary nitrogens is 4. The first-order valence-corrected chi connectivity index (χ1v) is 26.3. The van der Waals surface area contributed by atoms with E-state index in [4.69, 9.17) is 0 Å². The molecule has 0 aliphatic carbocycles. The lowest BCUT2D eigenvalue weighted by Crippen LogP contribution is -2.50. The minimum Gasteiger partial charge on any atom is -0.331 e. The van der Waals surface area contributed by atoms with E-state index in [0.717, 1.165) is 8.97 Å². The molecule has 58 heavy (non-hydrogen) atoms. The Hall–Kier alpha value is -0.680. The van der Waals surface area contributed by atoms with Crippen molar-refractivity contribution in [3.8, 4) is 0 Å². The highest BCUT2D eigenvalue weighted by atomic mass is 15.3. The fourth-order valence-corrected chi connectivity index (χ4v) is 8.99. The third-order valence-corrected chi connectivity index (χ3v) is 13.1. The van der Waals surface area contributed by atoms with Gasteiger partial charge in [-0.3, -0.25) is 0 Å². The second-order valence-electron chi connectivity index (χ2n) is 21.9. The highest BCUT2D eigenvalue weighted by Crippen LogP contribution is 2.18. The van der Waals surface area contributed by atoms with Crippen LogP contribution in [0.1, 0.15) is 219 Å². The molecule has 0 spiro atoms. The topological polar surface area (TPSA) is 0 Å². The third-order valence-electron chi connectivity index (χ3n) is 13.1. The van der Waals surface area contributed by atoms with Gasteiger partial charge < -0.3 is 17.9 Å². The van der Waals surface area contributed by atoms with Crippen molar-refractivity contribution in [2.24, 2.45) is 0 Å². The average Bonchev–Trinajstić information content (AvgIpc) is 3.15. The molecule has 0 N–H and O–H groups in total. The van der Waals surface area contributed by atoms with Crippen LogP contribution in [0.25, 0.3) is 0 Å². The van der Waals surface area contributed by atoms with Gasteiger partial charge in [-0.15, -0.1) is 0 Å². The summed E-state index contributed by atoms with van der Waals surface area (Å²) in [5, 5.41) is 0.